The number of hydrogen-bond donors (Lipinski definition) is 2. The SMILES string of the molecule is O[C@@H]1C=C[C@@H]2[C@H]3C[C@H](C[C@H]3O)[C@@H]21. The third kappa shape index (κ3) is 0.679. The first-order valence-electron chi connectivity index (χ1n) is 4.82. The lowest BCUT2D eigenvalue weighted by Gasteiger charge is -2.29. The largest absolute Gasteiger partial charge is 0.393 e. The molecule has 0 radical (unpaired) electrons. The van der Waals surface area contributed by atoms with Gasteiger partial charge < -0.3 is 10.2 Å². The first kappa shape index (κ1) is 7.10. The molecule has 66 valence electrons. The maximum absolute atomic E-state index is 9.64. The maximum Gasteiger partial charge on any atom is 0.0757 e. The molecular weight excluding hydrogens is 152 g/mol. The summed E-state index contributed by atoms with van der Waals surface area (Å²) in [6.45, 7) is 0. The summed E-state index contributed by atoms with van der Waals surface area (Å²) in [4.78, 5) is 0. The second-order valence-corrected chi connectivity index (χ2v) is 4.49. The summed E-state index contributed by atoms with van der Waals surface area (Å²) < 4.78 is 0. The van der Waals surface area contributed by atoms with Gasteiger partial charge in [-0.1, -0.05) is 12.2 Å². The van der Waals surface area contributed by atoms with Crippen molar-refractivity contribution < 1.29 is 10.2 Å². The number of fused-ring (bicyclic) bond motifs is 5. The van der Waals surface area contributed by atoms with Gasteiger partial charge in [-0.25, -0.2) is 0 Å². The molecule has 0 aliphatic heterocycles. The summed E-state index contributed by atoms with van der Waals surface area (Å²) in [6.07, 6.45) is 5.76. The molecule has 2 nitrogen and oxygen atoms in total. The Kier molecular flexibility index (Phi) is 1.25. The fourth-order valence-corrected chi connectivity index (χ4v) is 3.56. The van der Waals surface area contributed by atoms with Crippen molar-refractivity contribution in [3.05, 3.63) is 12.2 Å². The van der Waals surface area contributed by atoms with Crippen LogP contribution < -0.4 is 0 Å². The molecular formula is C10H14O2. The summed E-state index contributed by atoms with van der Waals surface area (Å²) in [7, 11) is 0. The first-order valence-corrected chi connectivity index (χ1v) is 4.82. The maximum atomic E-state index is 9.64. The van der Waals surface area contributed by atoms with E-state index < -0.39 is 0 Å². The minimum absolute atomic E-state index is 0.0915. The van der Waals surface area contributed by atoms with Crippen LogP contribution >= 0.6 is 0 Å². The van der Waals surface area contributed by atoms with E-state index in [-0.39, 0.29) is 12.2 Å². The zero-order valence-electron chi connectivity index (χ0n) is 6.93. The highest BCUT2D eigenvalue weighted by atomic mass is 16.3. The number of hydrogen-bond acceptors (Lipinski definition) is 2. The standard InChI is InChI=1S/C10H14O2/c11-8-2-1-6-7-3-5(10(6)8)4-9(7)12/h1-2,5-12H,3-4H2/t5-,6-,7-,8-,9-,10+/m1/s1. The van der Waals surface area contributed by atoms with Crippen molar-refractivity contribution >= 4 is 0 Å². The highest BCUT2D eigenvalue weighted by Crippen LogP contribution is 2.56. The van der Waals surface area contributed by atoms with Crippen LogP contribution in [0, 0.1) is 23.7 Å². The van der Waals surface area contributed by atoms with Gasteiger partial charge in [0.25, 0.3) is 0 Å². The molecule has 3 rings (SSSR count). The minimum Gasteiger partial charge on any atom is -0.393 e. The van der Waals surface area contributed by atoms with E-state index in [1.165, 1.54) is 0 Å². The summed E-state index contributed by atoms with van der Waals surface area (Å²) in [5.41, 5.74) is 0. The van der Waals surface area contributed by atoms with Crippen LogP contribution in [0.3, 0.4) is 0 Å². The molecule has 2 N–H and O–H groups in total. The lowest BCUT2D eigenvalue weighted by atomic mass is 9.79. The Bertz CT molecular complexity index is 236. The Balaban J connectivity index is 1.94. The fourth-order valence-electron chi connectivity index (χ4n) is 3.56. The molecule has 12 heavy (non-hydrogen) atoms. The number of aliphatic hydroxyl groups is 2. The molecule has 0 saturated heterocycles. The number of rotatable bonds is 0. The summed E-state index contributed by atoms with van der Waals surface area (Å²) in [6, 6.07) is 0. The van der Waals surface area contributed by atoms with Crippen molar-refractivity contribution in [3.63, 3.8) is 0 Å². The minimum atomic E-state index is -0.225. The van der Waals surface area contributed by atoms with Gasteiger partial charge in [-0.05, 0) is 36.5 Å². The van der Waals surface area contributed by atoms with Crippen LogP contribution in [-0.2, 0) is 0 Å². The van der Waals surface area contributed by atoms with Gasteiger partial charge in [0.1, 0.15) is 0 Å². The molecule has 0 amide bonds. The van der Waals surface area contributed by atoms with Gasteiger partial charge in [-0.3, -0.25) is 0 Å². The lowest BCUT2D eigenvalue weighted by molar-refractivity contribution is 0.0381. The van der Waals surface area contributed by atoms with Gasteiger partial charge in [-0.2, -0.15) is 0 Å². The Morgan fingerprint density at radius 1 is 1.08 bits per heavy atom. The Morgan fingerprint density at radius 2 is 1.92 bits per heavy atom. The quantitative estimate of drug-likeness (QED) is 0.516. The van der Waals surface area contributed by atoms with Crippen molar-refractivity contribution in [1.29, 1.82) is 0 Å². The summed E-state index contributed by atoms with van der Waals surface area (Å²) in [5.74, 6) is 1.96. The predicted octanol–water partition coefficient (Wildman–Crippen LogP) is 0.550. The molecule has 0 spiro atoms. The summed E-state index contributed by atoms with van der Waals surface area (Å²) in [5, 5.41) is 19.3. The molecule has 2 bridgehead atoms. The van der Waals surface area contributed by atoms with Gasteiger partial charge in [0.15, 0.2) is 0 Å². The Labute approximate surface area is 71.9 Å². The third-order valence-corrected chi connectivity index (χ3v) is 4.02. The number of aliphatic hydroxyl groups excluding tert-OH is 2. The molecule has 3 aliphatic carbocycles. The number of allylic oxidation sites excluding steroid dienone is 1. The van der Waals surface area contributed by atoms with Crippen molar-refractivity contribution in [2.45, 2.75) is 25.0 Å². The molecule has 2 heteroatoms. The van der Waals surface area contributed by atoms with Gasteiger partial charge in [0, 0.05) is 0 Å². The van der Waals surface area contributed by atoms with Crippen LogP contribution in [0.5, 0.6) is 0 Å². The van der Waals surface area contributed by atoms with Gasteiger partial charge in [0.05, 0.1) is 12.2 Å². The van der Waals surface area contributed by atoms with Crippen molar-refractivity contribution in [1.82, 2.24) is 0 Å². The highest BCUT2D eigenvalue weighted by molar-refractivity contribution is 5.18. The molecule has 3 aliphatic rings. The van der Waals surface area contributed by atoms with E-state index in [0.29, 0.717) is 23.7 Å². The molecule has 0 aromatic carbocycles. The monoisotopic (exact) mass is 166 g/mol. The second kappa shape index (κ2) is 2.12. The molecule has 0 aromatic rings. The second-order valence-electron chi connectivity index (χ2n) is 4.49. The zero-order valence-corrected chi connectivity index (χ0v) is 6.93. The molecule has 6 atom stereocenters. The van der Waals surface area contributed by atoms with E-state index in [4.69, 9.17) is 0 Å². The van der Waals surface area contributed by atoms with E-state index in [1.807, 2.05) is 6.08 Å². The normalized spacial score (nSPS) is 61.2. The molecule has 0 unspecified atom stereocenters. The van der Waals surface area contributed by atoms with Crippen LogP contribution in [0.2, 0.25) is 0 Å². The average molecular weight is 166 g/mol. The third-order valence-electron chi connectivity index (χ3n) is 4.02. The van der Waals surface area contributed by atoms with Gasteiger partial charge >= 0.3 is 0 Å². The smallest absolute Gasteiger partial charge is 0.0757 e. The molecule has 2 saturated carbocycles. The fraction of sp³-hybridized carbons (Fsp3) is 0.800. The van der Waals surface area contributed by atoms with E-state index in [0.717, 1.165) is 12.8 Å². The lowest BCUT2D eigenvalue weighted by Crippen LogP contribution is -2.32. The van der Waals surface area contributed by atoms with E-state index >= 15 is 0 Å². The van der Waals surface area contributed by atoms with Crippen LogP contribution in [0.25, 0.3) is 0 Å². The average Bonchev–Trinajstić information content (AvgIpc) is 2.62. The van der Waals surface area contributed by atoms with E-state index in [2.05, 4.69) is 6.08 Å². The van der Waals surface area contributed by atoms with Crippen LogP contribution in [0.15, 0.2) is 12.2 Å². The van der Waals surface area contributed by atoms with Crippen molar-refractivity contribution in [3.8, 4) is 0 Å². The van der Waals surface area contributed by atoms with Crippen LogP contribution in [0.1, 0.15) is 12.8 Å². The predicted molar refractivity (Wildman–Crippen MR) is 44.3 cm³/mol. The van der Waals surface area contributed by atoms with E-state index in [1.54, 1.807) is 0 Å². The topological polar surface area (TPSA) is 40.5 Å². The van der Waals surface area contributed by atoms with Crippen LogP contribution in [0.4, 0.5) is 0 Å². The highest BCUT2D eigenvalue weighted by Gasteiger charge is 2.54. The Hall–Kier alpha value is -0.340. The van der Waals surface area contributed by atoms with Crippen LogP contribution in [-0.4, -0.2) is 22.4 Å². The van der Waals surface area contributed by atoms with Crippen molar-refractivity contribution in [2.24, 2.45) is 23.7 Å². The summed E-state index contributed by atoms with van der Waals surface area (Å²) >= 11 is 0. The van der Waals surface area contributed by atoms with E-state index in [9.17, 15) is 10.2 Å². The van der Waals surface area contributed by atoms with Crippen molar-refractivity contribution in [2.75, 3.05) is 0 Å². The zero-order chi connectivity index (χ0) is 8.29. The first-order chi connectivity index (χ1) is 5.77. The van der Waals surface area contributed by atoms with Gasteiger partial charge in [-0.15, -0.1) is 0 Å². The van der Waals surface area contributed by atoms with Gasteiger partial charge in [0.2, 0.25) is 0 Å². The Morgan fingerprint density at radius 3 is 2.75 bits per heavy atom. The molecule has 0 heterocycles. The molecule has 0 aromatic heterocycles. The molecule has 2 fully saturated rings.